The Labute approximate surface area is 428 Å². The molecule has 0 radical (unpaired) electrons. The molecule has 1 unspecified atom stereocenters. The van der Waals surface area contributed by atoms with Crippen molar-refractivity contribution in [3.05, 3.63) is 173 Å². The molecule has 5 aromatic rings. The lowest BCUT2D eigenvalue weighted by molar-refractivity contribution is -0.157. The Morgan fingerprint density at radius 3 is 1.90 bits per heavy atom. The molecule has 7 rings (SSSR count). The number of ether oxygens (including phenoxy) is 4. The van der Waals surface area contributed by atoms with E-state index in [1.807, 2.05) is 140 Å². The van der Waals surface area contributed by atoms with Crippen LogP contribution in [0.5, 0.6) is 5.75 Å². The van der Waals surface area contributed by atoms with Crippen molar-refractivity contribution in [1.29, 1.82) is 0 Å². The molecule has 3 amide bonds. The van der Waals surface area contributed by atoms with E-state index in [4.69, 9.17) is 18.9 Å². The molecule has 4 atom stereocenters. The average Bonchev–Trinajstić information content (AvgIpc) is 4.06. The first kappa shape index (κ1) is 53.8. The standard InChI is InChI=1S/C57H66N4O11S/c1-73(67,68)61-49(25-13-16-34-58-56(66)71-40-44-21-9-4-10-22-44)52(62)59-37-46(53(63)72-51-31-28-45-23-11-12-24-48(45)51)36-57(32-14-15-33-57)55(65)60-50(54(64)70-39-43-19-7-3-8-20-43)35-41-26-29-47(30-27-41)69-38-42-17-5-2-6-18-42/h2-12,17-24,26-27,29-30,46,49-51,61H,13-16,25,28,31-40H2,1H3,(H,58,66)(H,59,62)(H,60,65)/t46-,49-,50-,51?/m0/s1. The van der Waals surface area contributed by atoms with Gasteiger partial charge in [0.1, 0.15) is 43.8 Å². The number of unbranched alkanes of at least 4 members (excludes halogenated alkanes) is 1. The SMILES string of the molecule is CS(=O)(=O)N[C@@H](CCCCNC(=O)OCc1ccccc1)C(=O)NC[C@H](CC1(C(=O)N[C@@H](Cc2ccc(OCc3ccccc3)cc2)C(=O)OCc2ccccc2)CCCC1)C(=O)OC1CCc2ccccc21. The van der Waals surface area contributed by atoms with Crippen molar-refractivity contribution in [2.24, 2.45) is 11.3 Å². The maximum atomic E-state index is 14.9. The van der Waals surface area contributed by atoms with E-state index in [0.717, 1.165) is 46.1 Å². The van der Waals surface area contributed by atoms with Crippen molar-refractivity contribution in [1.82, 2.24) is 20.7 Å². The normalized spacial score (nSPS) is 15.9. The van der Waals surface area contributed by atoms with Crippen LogP contribution < -0.4 is 25.4 Å². The molecule has 5 aromatic carbocycles. The molecule has 2 aliphatic rings. The molecule has 4 N–H and O–H groups in total. The highest BCUT2D eigenvalue weighted by atomic mass is 32.2. The molecule has 386 valence electrons. The summed E-state index contributed by atoms with van der Waals surface area (Å²) in [7, 11) is -3.86. The number of fused-ring (bicyclic) bond motifs is 1. The van der Waals surface area contributed by atoms with Crippen molar-refractivity contribution in [2.75, 3.05) is 19.3 Å². The topological polar surface area (TPSA) is 205 Å². The van der Waals surface area contributed by atoms with Crippen LogP contribution in [-0.4, -0.2) is 69.7 Å². The van der Waals surface area contributed by atoms with Gasteiger partial charge in [-0.05, 0) is 96.9 Å². The molecule has 0 aliphatic heterocycles. The number of aryl methyl sites for hydroxylation is 1. The Balaban J connectivity index is 1.04. The summed E-state index contributed by atoms with van der Waals surface area (Å²) in [4.78, 5) is 69.7. The number of hydrogen-bond donors (Lipinski definition) is 4. The van der Waals surface area contributed by atoms with Crippen LogP contribution in [0.15, 0.2) is 140 Å². The maximum Gasteiger partial charge on any atom is 0.407 e. The zero-order chi connectivity index (χ0) is 51.5. The van der Waals surface area contributed by atoms with E-state index in [0.29, 0.717) is 57.3 Å². The molecule has 0 aromatic heterocycles. The Kier molecular flexibility index (Phi) is 19.6. The minimum atomic E-state index is -3.86. The van der Waals surface area contributed by atoms with Gasteiger partial charge < -0.3 is 34.9 Å². The molecule has 15 nitrogen and oxygen atoms in total. The van der Waals surface area contributed by atoms with Gasteiger partial charge in [-0.15, -0.1) is 0 Å². The van der Waals surface area contributed by atoms with Gasteiger partial charge in [-0.3, -0.25) is 14.4 Å². The zero-order valence-corrected chi connectivity index (χ0v) is 42.1. The number of sulfonamides is 1. The van der Waals surface area contributed by atoms with Crippen LogP contribution in [0.4, 0.5) is 4.79 Å². The second-order valence-electron chi connectivity index (χ2n) is 19.0. The predicted molar refractivity (Wildman–Crippen MR) is 275 cm³/mol. The molecular formula is C57H66N4O11S. The highest BCUT2D eigenvalue weighted by Gasteiger charge is 2.46. The van der Waals surface area contributed by atoms with Crippen molar-refractivity contribution in [3.8, 4) is 5.75 Å². The van der Waals surface area contributed by atoms with Crippen molar-refractivity contribution < 1.29 is 51.3 Å². The quantitative estimate of drug-likeness (QED) is 0.0238. The number of esters is 2. The lowest BCUT2D eigenvalue weighted by Crippen LogP contribution is -2.51. The highest BCUT2D eigenvalue weighted by molar-refractivity contribution is 7.88. The third-order valence-corrected chi connectivity index (χ3v) is 14.1. The van der Waals surface area contributed by atoms with E-state index >= 15 is 0 Å². The average molecular weight is 1020 g/mol. The Morgan fingerprint density at radius 1 is 0.658 bits per heavy atom. The zero-order valence-electron chi connectivity index (χ0n) is 41.3. The monoisotopic (exact) mass is 1010 g/mol. The summed E-state index contributed by atoms with van der Waals surface area (Å²) in [6.07, 6.45) is 4.27. The van der Waals surface area contributed by atoms with Crippen molar-refractivity contribution in [2.45, 2.75) is 109 Å². The molecule has 2 aliphatic carbocycles. The molecule has 1 saturated carbocycles. The summed E-state index contributed by atoms with van der Waals surface area (Å²) in [5, 5.41) is 8.55. The molecule has 0 saturated heterocycles. The lowest BCUT2D eigenvalue weighted by Gasteiger charge is -2.33. The molecule has 0 bridgehead atoms. The third kappa shape index (κ3) is 16.8. The smallest absolute Gasteiger partial charge is 0.407 e. The van der Waals surface area contributed by atoms with Crippen LogP contribution in [0.25, 0.3) is 0 Å². The predicted octanol–water partition coefficient (Wildman–Crippen LogP) is 7.96. The van der Waals surface area contributed by atoms with Crippen LogP contribution in [0.3, 0.4) is 0 Å². The number of hydrogen-bond acceptors (Lipinski definition) is 11. The summed E-state index contributed by atoms with van der Waals surface area (Å²) in [6.45, 7) is 0.460. The maximum absolute atomic E-state index is 14.9. The summed E-state index contributed by atoms with van der Waals surface area (Å²) in [6, 6.07) is 41.1. The van der Waals surface area contributed by atoms with Crippen LogP contribution in [0, 0.1) is 11.3 Å². The summed E-state index contributed by atoms with van der Waals surface area (Å²) in [5.41, 5.74) is 4.23. The van der Waals surface area contributed by atoms with Gasteiger partial charge in [0.05, 0.1) is 17.6 Å². The molecule has 73 heavy (non-hydrogen) atoms. The largest absolute Gasteiger partial charge is 0.489 e. The molecule has 0 heterocycles. The second kappa shape index (κ2) is 26.6. The van der Waals surface area contributed by atoms with E-state index in [9.17, 15) is 32.4 Å². The van der Waals surface area contributed by atoms with Gasteiger partial charge in [0, 0.05) is 19.5 Å². The summed E-state index contributed by atoms with van der Waals surface area (Å²) < 4.78 is 50.8. The van der Waals surface area contributed by atoms with E-state index < -0.39 is 69.4 Å². The minimum absolute atomic E-state index is 0.00272. The fraction of sp³-hybridized carbons (Fsp3) is 0.386. The fourth-order valence-electron chi connectivity index (χ4n) is 9.48. The first-order chi connectivity index (χ1) is 35.3. The van der Waals surface area contributed by atoms with Crippen molar-refractivity contribution in [3.63, 3.8) is 0 Å². The summed E-state index contributed by atoms with van der Waals surface area (Å²) >= 11 is 0. The van der Waals surface area contributed by atoms with Crippen LogP contribution in [0.1, 0.15) is 97.3 Å². The lowest BCUT2D eigenvalue weighted by atomic mass is 9.76. The van der Waals surface area contributed by atoms with Gasteiger partial charge in [-0.25, -0.2) is 22.7 Å². The molecule has 0 spiro atoms. The number of rotatable bonds is 26. The van der Waals surface area contributed by atoms with E-state index in [2.05, 4.69) is 20.7 Å². The first-order valence-corrected chi connectivity index (χ1v) is 27.0. The second-order valence-corrected chi connectivity index (χ2v) is 20.7. The van der Waals surface area contributed by atoms with E-state index in [-0.39, 0.29) is 45.6 Å². The van der Waals surface area contributed by atoms with E-state index in [1.165, 1.54) is 0 Å². The third-order valence-electron chi connectivity index (χ3n) is 13.4. The summed E-state index contributed by atoms with van der Waals surface area (Å²) in [5.74, 6) is -2.70. The van der Waals surface area contributed by atoms with Gasteiger partial charge in [0.2, 0.25) is 21.8 Å². The Hall–Kier alpha value is -7.04. The van der Waals surface area contributed by atoms with Gasteiger partial charge in [-0.1, -0.05) is 140 Å². The fourth-order valence-corrected chi connectivity index (χ4v) is 10.2. The van der Waals surface area contributed by atoms with Gasteiger partial charge in [0.15, 0.2) is 0 Å². The Bertz CT molecular complexity index is 2700. The highest BCUT2D eigenvalue weighted by Crippen LogP contribution is 2.45. The number of benzene rings is 5. The van der Waals surface area contributed by atoms with Crippen molar-refractivity contribution >= 4 is 39.9 Å². The Morgan fingerprint density at radius 2 is 1.26 bits per heavy atom. The number of carbonyl (C=O) groups excluding carboxylic acids is 5. The number of amides is 3. The van der Waals surface area contributed by atoms with Crippen LogP contribution in [0.2, 0.25) is 0 Å². The molecular weight excluding hydrogens is 949 g/mol. The molecule has 1 fully saturated rings. The van der Waals surface area contributed by atoms with Gasteiger partial charge in [-0.2, -0.15) is 0 Å². The number of nitrogens with one attached hydrogen (secondary N) is 4. The van der Waals surface area contributed by atoms with Crippen LogP contribution in [-0.2, 0) is 76.1 Å². The van der Waals surface area contributed by atoms with Crippen LogP contribution >= 0.6 is 0 Å². The number of carbonyl (C=O) groups is 5. The van der Waals surface area contributed by atoms with Gasteiger partial charge >= 0.3 is 18.0 Å². The minimum Gasteiger partial charge on any atom is -0.489 e. The molecule has 16 heteroatoms. The van der Waals surface area contributed by atoms with Gasteiger partial charge in [0.25, 0.3) is 0 Å². The van der Waals surface area contributed by atoms with E-state index in [1.54, 1.807) is 0 Å². The first-order valence-electron chi connectivity index (χ1n) is 25.1. The number of alkyl carbamates (subject to hydrolysis) is 1.